The molecule has 140 valence electrons. The molecule has 3 amide bonds. The molecular formula is C21H18N4O3. The van der Waals surface area contributed by atoms with E-state index in [0.29, 0.717) is 22.3 Å². The Morgan fingerprint density at radius 2 is 1.36 bits per heavy atom. The Morgan fingerprint density at radius 1 is 0.857 bits per heavy atom. The number of hydrogen-bond donors (Lipinski definition) is 1. The minimum atomic E-state index is -0.523. The number of nitrogens with zero attached hydrogens (tertiary/aromatic N) is 3. The zero-order chi connectivity index (χ0) is 20.1. The van der Waals surface area contributed by atoms with Crippen molar-refractivity contribution < 1.29 is 14.4 Å². The maximum atomic E-state index is 12.8. The van der Waals surface area contributed by atoms with Gasteiger partial charge in [0.05, 0.1) is 16.7 Å². The van der Waals surface area contributed by atoms with Gasteiger partial charge >= 0.3 is 0 Å². The van der Waals surface area contributed by atoms with Crippen LogP contribution in [0.1, 0.15) is 52.1 Å². The van der Waals surface area contributed by atoms with Crippen molar-refractivity contribution in [3.05, 3.63) is 65.5 Å². The van der Waals surface area contributed by atoms with Gasteiger partial charge in [0.2, 0.25) is 0 Å². The molecule has 0 fully saturated rings. The van der Waals surface area contributed by atoms with Gasteiger partial charge in [-0.1, -0.05) is 12.1 Å². The van der Waals surface area contributed by atoms with Crippen LogP contribution in [0.5, 0.6) is 0 Å². The summed E-state index contributed by atoms with van der Waals surface area (Å²) in [7, 11) is 0. The molecule has 0 radical (unpaired) electrons. The summed E-state index contributed by atoms with van der Waals surface area (Å²) in [6.07, 6.45) is 0. The second kappa shape index (κ2) is 6.23. The molecule has 1 N–H and O–H groups in total. The zero-order valence-corrected chi connectivity index (χ0v) is 15.7. The van der Waals surface area contributed by atoms with Gasteiger partial charge in [-0.05, 0) is 57.2 Å². The molecule has 0 spiro atoms. The van der Waals surface area contributed by atoms with Crippen molar-refractivity contribution in [3.63, 3.8) is 0 Å². The monoisotopic (exact) mass is 374 g/mol. The molecule has 2 aromatic carbocycles. The molecular weight excluding hydrogens is 356 g/mol. The van der Waals surface area contributed by atoms with E-state index in [4.69, 9.17) is 0 Å². The molecule has 0 bridgehead atoms. The van der Waals surface area contributed by atoms with Crippen LogP contribution in [0.15, 0.2) is 48.5 Å². The summed E-state index contributed by atoms with van der Waals surface area (Å²) in [5.74, 6) is -1.27. The first-order valence-electron chi connectivity index (χ1n) is 8.83. The highest BCUT2D eigenvalue weighted by Gasteiger charge is 2.40. The van der Waals surface area contributed by atoms with E-state index in [9.17, 15) is 14.4 Å². The molecule has 3 aromatic rings. The van der Waals surface area contributed by atoms with Crippen LogP contribution in [0, 0.1) is 0 Å². The lowest BCUT2D eigenvalue weighted by Gasteiger charge is -2.20. The predicted molar refractivity (Wildman–Crippen MR) is 104 cm³/mol. The smallest absolute Gasteiger partial charge is 0.286 e. The van der Waals surface area contributed by atoms with E-state index in [1.54, 1.807) is 48.5 Å². The topological polar surface area (TPSA) is 92.3 Å². The number of para-hydroxylation sites is 2. The van der Waals surface area contributed by atoms with E-state index < -0.39 is 11.8 Å². The first-order valence-corrected chi connectivity index (χ1v) is 8.83. The molecule has 0 atom stereocenters. The third-order valence-electron chi connectivity index (χ3n) is 4.26. The second-order valence-corrected chi connectivity index (χ2v) is 7.61. The average molecular weight is 374 g/mol. The van der Waals surface area contributed by atoms with Gasteiger partial charge < -0.3 is 5.32 Å². The fourth-order valence-corrected chi connectivity index (χ4v) is 3.01. The number of hydrogen-bond acceptors (Lipinski definition) is 5. The lowest BCUT2D eigenvalue weighted by molar-refractivity contribution is 0.0911. The lowest BCUT2D eigenvalue weighted by atomic mass is 10.1. The SMILES string of the molecule is CC(C)(C)NC(=O)c1ccc(N2C(=O)c3nc4ccccc4nc3C2=O)cc1. The zero-order valence-electron chi connectivity index (χ0n) is 15.7. The summed E-state index contributed by atoms with van der Waals surface area (Å²) in [4.78, 5) is 47.5. The van der Waals surface area contributed by atoms with Gasteiger partial charge in [0, 0.05) is 11.1 Å². The molecule has 0 saturated carbocycles. The Balaban J connectivity index is 1.66. The summed E-state index contributed by atoms with van der Waals surface area (Å²) in [6, 6.07) is 13.4. The van der Waals surface area contributed by atoms with E-state index in [2.05, 4.69) is 15.3 Å². The van der Waals surface area contributed by atoms with E-state index in [1.165, 1.54) is 0 Å². The first-order chi connectivity index (χ1) is 13.2. The molecule has 0 aliphatic carbocycles. The summed E-state index contributed by atoms with van der Waals surface area (Å²) in [6.45, 7) is 5.67. The largest absolute Gasteiger partial charge is 0.347 e. The first kappa shape index (κ1) is 17.8. The number of carbonyl (C=O) groups excluding carboxylic acids is 3. The summed E-state index contributed by atoms with van der Waals surface area (Å²) in [5, 5.41) is 2.87. The predicted octanol–water partition coefficient (Wildman–Crippen LogP) is 2.96. The fourth-order valence-electron chi connectivity index (χ4n) is 3.01. The maximum Gasteiger partial charge on any atom is 0.286 e. The van der Waals surface area contributed by atoms with Crippen LogP contribution < -0.4 is 10.2 Å². The number of carbonyl (C=O) groups is 3. The molecule has 7 heteroatoms. The number of benzene rings is 2. The van der Waals surface area contributed by atoms with Crippen LogP contribution >= 0.6 is 0 Å². The Morgan fingerprint density at radius 3 is 1.82 bits per heavy atom. The van der Waals surface area contributed by atoms with Gasteiger partial charge in [0.15, 0.2) is 11.4 Å². The standard InChI is InChI=1S/C21H18N4O3/c1-21(2,3)24-18(26)12-8-10-13(11-9-12)25-19(27)16-17(20(25)28)23-15-7-5-4-6-14(15)22-16/h4-11H,1-3H3,(H,24,26). The van der Waals surface area contributed by atoms with Gasteiger partial charge in [0.1, 0.15) is 0 Å². The average Bonchev–Trinajstić information content (AvgIpc) is 2.89. The number of anilines is 1. The number of amides is 3. The summed E-state index contributed by atoms with van der Waals surface area (Å²) >= 11 is 0. The van der Waals surface area contributed by atoms with Crippen LogP contribution in [0.3, 0.4) is 0 Å². The minimum Gasteiger partial charge on any atom is -0.347 e. The van der Waals surface area contributed by atoms with Crippen molar-refractivity contribution >= 4 is 34.4 Å². The molecule has 2 heterocycles. The highest BCUT2D eigenvalue weighted by molar-refractivity contribution is 6.33. The van der Waals surface area contributed by atoms with Crippen molar-refractivity contribution in [1.82, 2.24) is 15.3 Å². The summed E-state index contributed by atoms with van der Waals surface area (Å²) < 4.78 is 0. The van der Waals surface area contributed by atoms with Crippen LogP contribution in [-0.2, 0) is 0 Å². The van der Waals surface area contributed by atoms with Gasteiger partial charge in [-0.2, -0.15) is 0 Å². The van der Waals surface area contributed by atoms with Crippen molar-refractivity contribution in [2.75, 3.05) is 4.90 Å². The van der Waals surface area contributed by atoms with Crippen LogP contribution in [-0.4, -0.2) is 33.2 Å². The van der Waals surface area contributed by atoms with Gasteiger partial charge in [-0.15, -0.1) is 0 Å². The van der Waals surface area contributed by atoms with E-state index in [0.717, 1.165) is 4.90 Å². The number of rotatable bonds is 2. The van der Waals surface area contributed by atoms with Gasteiger partial charge in [-0.3, -0.25) is 14.4 Å². The Kier molecular flexibility index (Phi) is 3.96. The van der Waals surface area contributed by atoms with Crippen LogP contribution in [0.25, 0.3) is 11.0 Å². The molecule has 0 saturated heterocycles. The van der Waals surface area contributed by atoms with Crippen LogP contribution in [0.4, 0.5) is 5.69 Å². The maximum absolute atomic E-state index is 12.8. The minimum absolute atomic E-state index is 0.0400. The van der Waals surface area contributed by atoms with Crippen molar-refractivity contribution in [2.24, 2.45) is 0 Å². The van der Waals surface area contributed by atoms with E-state index >= 15 is 0 Å². The van der Waals surface area contributed by atoms with Crippen molar-refractivity contribution in [2.45, 2.75) is 26.3 Å². The van der Waals surface area contributed by atoms with Crippen LogP contribution in [0.2, 0.25) is 0 Å². The second-order valence-electron chi connectivity index (χ2n) is 7.61. The third kappa shape index (κ3) is 3.00. The number of nitrogens with one attached hydrogen (secondary N) is 1. The Labute approximate surface area is 161 Å². The van der Waals surface area contributed by atoms with E-state index in [1.807, 2.05) is 20.8 Å². The van der Waals surface area contributed by atoms with Gasteiger partial charge in [0.25, 0.3) is 17.7 Å². The number of fused-ring (bicyclic) bond motifs is 2. The number of imide groups is 1. The van der Waals surface area contributed by atoms with E-state index in [-0.39, 0.29) is 22.8 Å². The van der Waals surface area contributed by atoms with Crippen molar-refractivity contribution in [1.29, 1.82) is 0 Å². The molecule has 1 aromatic heterocycles. The van der Waals surface area contributed by atoms with Crippen molar-refractivity contribution in [3.8, 4) is 0 Å². The summed E-state index contributed by atoms with van der Waals surface area (Å²) in [5.41, 5.74) is 1.63. The number of aromatic nitrogens is 2. The van der Waals surface area contributed by atoms with Gasteiger partial charge in [-0.25, -0.2) is 14.9 Å². The molecule has 0 unspecified atom stereocenters. The highest BCUT2D eigenvalue weighted by atomic mass is 16.2. The Hall–Kier alpha value is -3.61. The molecule has 4 rings (SSSR count). The Bertz CT molecular complexity index is 1080. The molecule has 1 aliphatic heterocycles. The molecule has 1 aliphatic rings. The molecule has 7 nitrogen and oxygen atoms in total. The lowest BCUT2D eigenvalue weighted by Crippen LogP contribution is -2.40. The fraction of sp³-hybridized carbons (Fsp3) is 0.190. The quantitative estimate of drug-likeness (QED) is 0.696. The highest BCUT2D eigenvalue weighted by Crippen LogP contribution is 2.28. The normalized spacial score (nSPS) is 13.8. The third-order valence-corrected chi connectivity index (χ3v) is 4.26. The molecule has 28 heavy (non-hydrogen) atoms.